The van der Waals surface area contributed by atoms with E-state index in [0.717, 1.165) is 18.2 Å². The van der Waals surface area contributed by atoms with E-state index >= 15 is 0 Å². The molecule has 0 radical (unpaired) electrons. The first-order valence-electron chi connectivity index (χ1n) is 7.15. The summed E-state index contributed by atoms with van der Waals surface area (Å²) in [6.07, 6.45) is 6.70. The minimum atomic E-state index is -0.175. The molecular weight excluding hydrogens is 288 g/mol. The highest BCUT2D eigenvalue weighted by Crippen LogP contribution is 2.31. The molecule has 0 saturated heterocycles. The van der Waals surface area contributed by atoms with Crippen molar-refractivity contribution >= 4 is 33.1 Å². The van der Waals surface area contributed by atoms with Crippen molar-refractivity contribution in [3.63, 3.8) is 0 Å². The normalized spacial score (nSPS) is 15.6. The van der Waals surface area contributed by atoms with Gasteiger partial charge in [0.05, 0.1) is 24.6 Å². The Labute approximate surface area is 126 Å². The van der Waals surface area contributed by atoms with Gasteiger partial charge in [0.2, 0.25) is 0 Å². The highest BCUT2D eigenvalue weighted by atomic mass is 32.1. The van der Waals surface area contributed by atoms with E-state index in [9.17, 15) is 4.79 Å². The third-order valence-electron chi connectivity index (χ3n) is 3.67. The van der Waals surface area contributed by atoms with Gasteiger partial charge in [-0.3, -0.25) is 4.79 Å². The number of fused-ring (bicyclic) bond motifs is 1. The topological polar surface area (TPSA) is 90.1 Å². The highest BCUT2D eigenvalue weighted by Gasteiger charge is 2.18. The second-order valence-corrected chi connectivity index (χ2v) is 6.13. The number of nitrogens with one attached hydrogen (secondary N) is 1. The molecule has 2 aromatic heterocycles. The second kappa shape index (κ2) is 6.36. The first-order chi connectivity index (χ1) is 10.3. The smallest absolute Gasteiger partial charge is 0.263 e. The van der Waals surface area contributed by atoms with Gasteiger partial charge in [-0.2, -0.15) is 5.10 Å². The molecular formula is C14H18N4O2S. The van der Waals surface area contributed by atoms with Gasteiger partial charge in [-0.25, -0.2) is 0 Å². The maximum Gasteiger partial charge on any atom is 0.263 e. The number of carbonyl (C=O) groups is 1. The van der Waals surface area contributed by atoms with Crippen LogP contribution in [0.5, 0.6) is 0 Å². The Bertz CT molecular complexity index is 637. The average molecular weight is 306 g/mol. The van der Waals surface area contributed by atoms with Crippen LogP contribution in [0.1, 0.15) is 35.4 Å². The van der Waals surface area contributed by atoms with E-state index in [4.69, 9.17) is 10.5 Å². The summed E-state index contributed by atoms with van der Waals surface area (Å²) in [6.45, 7) is 1.04. The molecule has 0 spiro atoms. The number of hydrogen-bond acceptors (Lipinski definition) is 6. The lowest BCUT2D eigenvalue weighted by molar-refractivity contribution is 0.0582. The molecule has 0 aliphatic heterocycles. The Balaban J connectivity index is 1.55. The number of nitrogens with zero attached hydrogens (tertiary/aromatic N) is 2. The molecule has 0 unspecified atom stereocenters. The zero-order valence-corrected chi connectivity index (χ0v) is 12.5. The van der Waals surface area contributed by atoms with E-state index in [2.05, 4.69) is 15.5 Å². The third kappa shape index (κ3) is 3.14. The van der Waals surface area contributed by atoms with Crippen molar-refractivity contribution in [3.05, 3.63) is 17.1 Å². The molecule has 1 aliphatic rings. The van der Waals surface area contributed by atoms with Crippen LogP contribution >= 0.6 is 11.3 Å². The minimum Gasteiger partial charge on any atom is -0.397 e. The molecule has 112 valence electrons. The summed E-state index contributed by atoms with van der Waals surface area (Å²) in [7, 11) is 0. The fourth-order valence-electron chi connectivity index (χ4n) is 2.57. The summed E-state index contributed by atoms with van der Waals surface area (Å²) in [6, 6.07) is 1.77. The summed E-state index contributed by atoms with van der Waals surface area (Å²) >= 11 is 1.26. The number of nitrogens with two attached hydrogens (primary N) is 1. The molecule has 3 N–H and O–H groups in total. The van der Waals surface area contributed by atoms with Gasteiger partial charge in [0.15, 0.2) is 0 Å². The number of ether oxygens (including phenoxy) is 1. The molecule has 1 saturated carbocycles. The van der Waals surface area contributed by atoms with Crippen LogP contribution in [0.15, 0.2) is 12.3 Å². The highest BCUT2D eigenvalue weighted by molar-refractivity contribution is 7.21. The predicted molar refractivity (Wildman–Crippen MR) is 82.4 cm³/mol. The molecule has 3 rings (SSSR count). The quantitative estimate of drug-likeness (QED) is 0.824. The molecule has 7 heteroatoms. The molecule has 0 aromatic carbocycles. The molecule has 21 heavy (non-hydrogen) atoms. The predicted octanol–water partition coefficient (Wildman–Crippen LogP) is 1.96. The van der Waals surface area contributed by atoms with Crippen molar-refractivity contribution in [1.29, 1.82) is 0 Å². The van der Waals surface area contributed by atoms with Gasteiger partial charge in [-0.05, 0) is 18.9 Å². The number of aromatic nitrogens is 2. The summed E-state index contributed by atoms with van der Waals surface area (Å²) in [5.41, 5.74) is 6.47. The van der Waals surface area contributed by atoms with Crippen molar-refractivity contribution in [2.24, 2.45) is 0 Å². The van der Waals surface area contributed by atoms with E-state index < -0.39 is 0 Å². The molecule has 0 atom stereocenters. The van der Waals surface area contributed by atoms with Crippen molar-refractivity contribution in [2.45, 2.75) is 31.8 Å². The summed E-state index contributed by atoms with van der Waals surface area (Å²) in [4.78, 5) is 13.3. The van der Waals surface area contributed by atoms with E-state index in [1.165, 1.54) is 24.2 Å². The maximum atomic E-state index is 12.1. The van der Waals surface area contributed by atoms with Crippen LogP contribution in [0.25, 0.3) is 10.2 Å². The van der Waals surface area contributed by atoms with E-state index in [0.29, 0.717) is 34.7 Å². The number of thiophene rings is 1. The lowest BCUT2D eigenvalue weighted by atomic mass is 10.3. The first-order valence-corrected chi connectivity index (χ1v) is 7.97. The molecule has 2 heterocycles. The Morgan fingerprint density at radius 3 is 3.05 bits per heavy atom. The number of amides is 1. The number of nitrogen functional groups attached to an aromatic ring is 1. The van der Waals surface area contributed by atoms with E-state index in [1.54, 1.807) is 12.3 Å². The lowest BCUT2D eigenvalue weighted by Gasteiger charge is -2.11. The first kappa shape index (κ1) is 14.2. The molecule has 6 nitrogen and oxygen atoms in total. The van der Waals surface area contributed by atoms with Gasteiger partial charge in [-0.15, -0.1) is 16.4 Å². The number of hydrogen-bond donors (Lipinski definition) is 2. The molecule has 1 amide bonds. The van der Waals surface area contributed by atoms with Gasteiger partial charge in [-0.1, -0.05) is 12.8 Å². The van der Waals surface area contributed by atoms with Gasteiger partial charge in [0.1, 0.15) is 9.71 Å². The van der Waals surface area contributed by atoms with Crippen molar-refractivity contribution in [2.75, 3.05) is 18.9 Å². The van der Waals surface area contributed by atoms with E-state index in [1.807, 2.05) is 0 Å². The summed E-state index contributed by atoms with van der Waals surface area (Å²) in [5.74, 6) is -0.175. The second-order valence-electron chi connectivity index (χ2n) is 5.13. The van der Waals surface area contributed by atoms with Crippen molar-refractivity contribution in [3.8, 4) is 0 Å². The standard InChI is InChI=1S/C14H18N4O2S/c15-11-10-5-6-17-18-14(10)21-12(11)13(19)16-7-8-20-9-3-1-2-4-9/h5-6,9H,1-4,7-8,15H2,(H,16,19). The molecule has 1 aliphatic carbocycles. The number of carbonyl (C=O) groups excluding carboxylic acids is 1. The molecule has 1 fully saturated rings. The van der Waals surface area contributed by atoms with Crippen LogP contribution in [-0.2, 0) is 4.74 Å². The Morgan fingerprint density at radius 1 is 1.48 bits per heavy atom. The third-order valence-corrected chi connectivity index (χ3v) is 4.77. The zero-order valence-electron chi connectivity index (χ0n) is 11.7. The van der Waals surface area contributed by atoms with E-state index in [-0.39, 0.29) is 5.91 Å². The average Bonchev–Trinajstić information content (AvgIpc) is 3.12. The number of rotatable bonds is 5. The van der Waals surface area contributed by atoms with Crippen molar-refractivity contribution in [1.82, 2.24) is 15.5 Å². The fraction of sp³-hybridized carbons (Fsp3) is 0.500. The molecule has 0 bridgehead atoms. The van der Waals surface area contributed by atoms with Gasteiger partial charge < -0.3 is 15.8 Å². The summed E-state index contributed by atoms with van der Waals surface area (Å²) in [5, 5.41) is 11.4. The SMILES string of the molecule is Nc1c(C(=O)NCCOC2CCCC2)sc2nnccc12. The monoisotopic (exact) mass is 306 g/mol. The largest absolute Gasteiger partial charge is 0.397 e. The van der Waals surface area contributed by atoms with Crippen LogP contribution in [0, 0.1) is 0 Å². The Morgan fingerprint density at radius 2 is 2.29 bits per heavy atom. The van der Waals surface area contributed by atoms with Crippen LogP contribution in [0.3, 0.4) is 0 Å². The van der Waals surface area contributed by atoms with Crippen LogP contribution < -0.4 is 11.1 Å². The Hall–Kier alpha value is -1.73. The van der Waals surface area contributed by atoms with Gasteiger partial charge >= 0.3 is 0 Å². The number of anilines is 1. The zero-order chi connectivity index (χ0) is 14.7. The summed E-state index contributed by atoms with van der Waals surface area (Å²) < 4.78 is 5.71. The maximum absolute atomic E-state index is 12.1. The van der Waals surface area contributed by atoms with Crippen LogP contribution in [-0.4, -0.2) is 35.4 Å². The van der Waals surface area contributed by atoms with Gasteiger partial charge in [0.25, 0.3) is 5.91 Å². The fourth-order valence-corrected chi connectivity index (χ4v) is 3.52. The minimum absolute atomic E-state index is 0.175. The van der Waals surface area contributed by atoms with Crippen LogP contribution in [0.4, 0.5) is 5.69 Å². The van der Waals surface area contributed by atoms with Crippen molar-refractivity contribution < 1.29 is 9.53 Å². The van der Waals surface area contributed by atoms with Crippen LogP contribution in [0.2, 0.25) is 0 Å². The van der Waals surface area contributed by atoms with Gasteiger partial charge in [0, 0.05) is 11.9 Å². The lowest BCUT2D eigenvalue weighted by Crippen LogP contribution is -2.28. The molecule has 2 aromatic rings. The Kier molecular flexibility index (Phi) is 4.31.